The second-order valence-electron chi connectivity index (χ2n) is 8.60. The largest absolute Gasteiger partial charge is 0.495 e. The lowest BCUT2D eigenvalue weighted by Gasteiger charge is -2.25. The zero-order valence-electron chi connectivity index (χ0n) is 20.6. The van der Waals surface area contributed by atoms with E-state index in [1.165, 1.54) is 7.11 Å². The molecular weight excluding hydrogens is 480 g/mol. The van der Waals surface area contributed by atoms with Gasteiger partial charge in [-0.15, -0.1) is 0 Å². The maximum atomic E-state index is 13.4. The van der Waals surface area contributed by atoms with Gasteiger partial charge in [0, 0.05) is 5.56 Å². The summed E-state index contributed by atoms with van der Waals surface area (Å²) in [6.45, 7) is 5.43. The predicted octanol–water partition coefficient (Wildman–Crippen LogP) is 5.33. The molecule has 188 valence electrons. The van der Waals surface area contributed by atoms with Crippen LogP contribution >= 0.6 is 11.6 Å². The van der Waals surface area contributed by atoms with Crippen LogP contribution in [-0.4, -0.2) is 30.9 Å². The van der Waals surface area contributed by atoms with Crippen molar-refractivity contribution < 1.29 is 23.9 Å². The number of nitrogens with one attached hydrogen (secondary N) is 2. The molecule has 0 saturated heterocycles. The van der Waals surface area contributed by atoms with Crippen molar-refractivity contribution in [1.82, 2.24) is 5.32 Å². The van der Waals surface area contributed by atoms with Crippen LogP contribution in [-0.2, 0) is 14.3 Å². The Kier molecular flexibility index (Phi) is 9.08. The third kappa shape index (κ3) is 6.64. The molecule has 3 aromatic carbocycles. The third-order valence-electron chi connectivity index (χ3n) is 5.51. The summed E-state index contributed by atoms with van der Waals surface area (Å²) in [4.78, 5) is 39.5. The smallest absolute Gasteiger partial charge is 0.330 e. The molecule has 2 atom stereocenters. The molecule has 0 aliphatic rings. The summed E-state index contributed by atoms with van der Waals surface area (Å²) in [5, 5.41) is 5.76. The van der Waals surface area contributed by atoms with Crippen LogP contribution < -0.4 is 15.4 Å². The Hall–Kier alpha value is -3.84. The number of rotatable bonds is 9. The standard InChI is InChI=1S/C28H29ClN2O5/c1-17(2)24(31-26(32)20-12-8-9-13-21(20)29)28(34)36-25(19-10-6-5-7-11-19)27(33)30-22-16-18(3)14-15-23(22)35-4/h5-17,24-25H,1-4H3,(H,30,33)(H,31,32)/t24-,25?/m0/s1. The quantitative estimate of drug-likeness (QED) is 0.381. The fourth-order valence-corrected chi connectivity index (χ4v) is 3.79. The van der Waals surface area contributed by atoms with E-state index >= 15 is 0 Å². The van der Waals surface area contributed by atoms with Crippen LogP contribution in [0.4, 0.5) is 5.69 Å². The highest BCUT2D eigenvalue weighted by Gasteiger charge is 2.32. The number of aryl methyl sites for hydroxylation is 1. The van der Waals surface area contributed by atoms with Crippen LogP contribution in [0.1, 0.15) is 41.4 Å². The van der Waals surface area contributed by atoms with Crippen LogP contribution in [0.25, 0.3) is 0 Å². The fourth-order valence-electron chi connectivity index (χ4n) is 3.57. The highest BCUT2D eigenvalue weighted by Crippen LogP contribution is 2.28. The van der Waals surface area contributed by atoms with Gasteiger partial charge in [0.1, 0.15) is 11.8 Å². The average molecular weight is 509 g/mol. The van der Waals surface area contributed by atoms with Crippen LogP contribution in [0.2, 0.25) is 5.02 Å². The number of anilines is 1. The zero-order chi connectivity index (χ0) is 26.2. The highest BCUT2D eigenvalue weighted by atomic mass is 35.5. The maximum absolute atomic E-state index is 13.4. The van der Waals surface area contributed by atoms with Gasteiger partial charge < -0.3 is 20.1 Å². The van der Waals surface area contributed by atoms with Crippen molar-refractivity contribution in [2.45, 2.75) is 32.9 Å². The van der Waals surface area contributed by atoms with Crippen molar-refractivity contribution in [2.24, 2.45) is 5.92 Å². The summed E-state index contributed by atoms with van der Waals surface area (Å²) in [6.07, 6.45) is -1.26. The van der Waals surface area contributed by atoms with E-state index in [0.29, 0.717) is 17.0 Å². The molecule has 0 radical (unpaired) electrons. The summed E-state index contributed by atoms with van der Waals surface area (Å²) in [5.74, 6) is -1.66. The van der Waals surface area contributed by atoms with Crippen molar-refractivity contribution >= 4 is 35.1 Å². The van der Waals surface area contributed by atoms with Gasteiger partial charge in [-0.3, -0.25) is 9.59 Å². The molecule has 0 aliphatic heterocycles. The van der Waals surface area contributed by atoms with Gasteiger partial charge in [-0.2, -0.15) is 0 Å². The first-order chi connectivity index (χ1) is 17.2. The normalized spacial score (nSPS) is 12.4. The highest BCUT2D eigenvalue weighted by molar-refractivity contribution is 6.33. The number of amides is 2. The summed E-state index contributed by atoms with van der Waals surface area (Å²) >= 11 is 6.14. The van der Waals surface area contributed by atoms with Gasteiger partial charge in [-0.05, 0) is 42.7 Å². The van der Waals surface area contributed by atoms with Crippen LogP contribution in [0.15, 0.2) is 72.8 Å². The first-order valence-corrected chi connectivity index (χ1v) is 11.9. The van der Waals surface area contributed by atoms with E-state index in [0.717, 1.165) is 5.56 Å². The topological polar surface area (TPSA) is 93.7 Å². The number of carbonyl (C=O) groups excluding carboxylic acids is 3. The minimum atomic E-state index is -1.26. The molecule has 2 amide bonds. The molecule has 0 spiro atoms. The molecule has 0 fully saturated rings. The monoisotopic (exact) mass is 508 g/mol. The Morgan fingerprint density at radius 3 is 2.22 bits per heavy atom. The second kappa shape index (κ2) is 12.2. The molecule has 1 unspecified atom stereocenters. The minimum Gasteiger partial charge on any atom is -0.495 e. The van der Waals surface area contributed by atoms with E-state index in [-0.39, 0.29) is 16.5 Å². The predicted molar refractivity (Wildman–Crippen MR) is 139 cm³/mol. The lowest BCUT2D eigenvalue weighted by Crippen LogP contribution is -2.46. The van der Waals surface area contributed by atoms with Gasteiger partial charge in [0.05, 0.1) is 23.4 Å². The summed E-state index contributed by atoms with van der Waals surface area (Å²) < 4.78 is 11.1. The number of carbonyl (C=O) groups is 3. The average Bonchev–Trinajstić information content (AvgIpc) is 2.86. The van der Waals surface area contributed by atoms with Gasteiger partial charge in [0.2, 0.25) is 6.10 Å². The van der Waals surface area contributed by atoms with E-state index < -0.39 is 29.9 Å². The van der Waals surface area contributed by atoms with E-state index in [4.69, 9.17) is 21.1 Å². The molecule has 0 bridgehead atoms. The molecule has 3 aromatic rings. The van der Waals surface area contributed by atoms with Gasteiger partial charge in [-0.25, -0.2) is 4.79 Å². The molecule has 0 heterocycles. The Labute approximate surface area is 215 Å². The van der Waals surface area contributed by atoms with Gasteiger partial charge in [0.15, 0.2) is 0 Å². The molecule has 2 N–H and O–H groups in total. The molecular formula is C28H29ClN2O5. The zero-order valence-corrected chi connectivity index (χ0v) is 21.3. The van der Waals surface area contributed by atoms with Crippen molar-refractivity contribution in [2.75, 3.05) is 12.4 Å². The molecule has 0 aromatic heterocycles. The Morgan fingerprint density at radius 1 is 0.917 bits per heavy atom. The Bertz CT molecular complexity index is 1230. The number of methoxy groups -OCH3 is 1. The Balaban J connectivity index is 1.85. The van der Waals surface area contributed by atoms with Gasteiger partial charge >= 0.3 is 5.97 Å². The minimum absolute atomic E-state index is 0.238. The van der Waals surface area contributed by atoms with E-state index in [1.54, 1.807) is 80.6 Å². The molecule has 3 rings (SSSR count). The van der Waals surface area contributed by atoms with Gasteiger partial charge in [0.25, 0.3) is 11.8 Å². The number of esters is 1. The van der Waals surface area contributed by atoms with Crippen LogP contribution in [0, 0.1) is 12.8 Å². The molecule has 0 saturated carbocycles. The van der Waals surface area contributed by atoms with E-state index in [2.05, 4.69) is 10.6 Å². The van der Waals surface area contributed by atoms with Crippen LogP contribution in [0.3, 0.4) is 0 Å². The fraction of sp³-hybridized carbons (Fsp3) is 0.250. The number of ether oxygens (including phenoxy) is 2. The van der Waals surface area contributed by atoms with Crippen LogP contribution in [0.5, 0.6) is 5.75 Å². The Morgan fingerprint density at radius 2 is 1.58 bits per heavy atom. The summed E-state index contributed by atoms with van der Waals surface area (Å²) in [5.41, 5.74) is 2.09. The third-order valence-corrected chi connectivity index (χ3v) is 5.84. The summed E-state index contributed by atoms with van der Waals surface area (Å²) in [6, 6.07) is 19.6. The number of hydrogen-bond acceptors (Lipinski definition) is 5. The summed E-state index contributed by atoms with van der Waals surface area (Å²) in [7, 11) is 1.50. The van der Waals surface area contributed by atoms with E-state index in [1.807, 2.05) is 13.0 Å². The SMILES string of the molecule is COc1ccc(C)cc1NC(=O)C(OC(=O)[C@@H](NC(=O)c1ccccc1Cl)C(C)C)c1ccccc1. The van der Waals surface area contributed by atoms with Crippen molar-refractivity contribution in [3.8, 4) is 5.75 Å². The molecule has 7 nitrogen and oxygen atoms in total. The van der Waals surface area contributed by atoms with Gasteiger partial charge in [-0.1, -0.05) is 74.0 Å². The molecule has 36 heavy (non-hydrogen) atoms. The van der Waals surface area contributed by atoms with Crippen molar-refractivity contribution in [3.05, 3.63) is 94.5 Å². The lowest BCUT2D eigenvalue weighted by atomic mass is 10.0. The lowest BCUT2D eigenvalue weighted by molar-refractivity contribution is -0.157. The first kappa shape index (κ1) is 26.8. The van der Waals surface area contributed by atoms with E-state index in [9.17, 15) is 14.4 Å². The van der Waals surface area contributed by atoms with Crippen molar-refractivity contribution in [1.29, 1.82) is 0 Å². The second-order valence-corrected chi connectivity index (χ2v) is 9.00. The first-order valence-electron chi connectivity index (χ1n) is 11.5. The number of hydrogen-bond donors (Lipinski definition) is 2. The van der Waals surface area contributed by atoms with Crippen molar-refractivity contribution in [3.63, 3.8) is 0 Å². The molecule has 0 aliphatic carbocycles. The maximum Gasteiger partial charge on any atom is 0.330 e. The number of benzene rings is 3. The molecule has 8 heteroatoms. The number of halogens is 1.